The maximum Gasteiger partial charge on any atom is 0.137 e. The number of pyridine rings is 1. The molecule has 24 heavy (non-hydrogen) atoms. The van der Waals surface area contributed by atoms with E-state index < -0.39 is 0 Å². The third kappa shape index (κ3) is 3.05. The molecule has 0 spiro atoms. The minimum Gasteiger partial charge on any atom is -0.289 e. The summed E-state index contributed by atoms with van der Waals surface area (Å²) in [4.78, 5) is 4.53. The molecular weight excluding hydrogens is 336 g/mol. The molecule has 0 aliphatic heterocycles. The highest BCUT2D eigenvalue weighted by Crippen LogP contribution is 2.32. The summed E-state index contributed by atoms with van der Waals surface area (Å²) in [7, 11) is 0. The van der Waals surface area contributed by atoms with Gasteiger partial charge in [-0.15, -0.1) is 11.8 Å². The van der Waals surface area contributed by atoms with E-state index in [9.17, 15) is 0 Å². The highest BCUT2D eigenvalue weighted by Gasteiger charge is 2.11. The molecule has 2 aromatic carbocycles. The van der Waals surface area contributed by atoms with Crippen LogP contribution in [0.15, 0.2) is 84.0 Å². The zero-order valence-electron chi connectivity index (χ0n) is 12.9. The van der Waals surface area contributed by atoms with Gasteiger partial charge in [0, 0.05) is 22.4 Å². The molecule has 0 amide bonds. The van der Waals surface area contributed by atoms with Gasteiger partial charge in [-0.25, -0.2) is 4.98 Å². The van der Waals surface area contributed by atoms with Gasteiger partial charge in [-0.05, 0) is 42.0 Å². The fourth-order valence-corrected chi connectivity index (χ4v) is 3.86. The van der Waals surface area contributed by atoms with Crippen LogP contribution in [-0.4, -0.2) is 9.55 Å². The number of halogens is 1. The second-order valence-corrected chi connectivity index (χ2v) is 6.91. The molecule has 0 aliphatic rings. The zero-order valence-corrected chi connectivity index (χ0v) is 14.5. The Labute approximate surface area is 150 Å². The molecule has 0 bridgehead atoms. The molecule has 0 aliphatic carbocycles. The highest BCUT2D eigenvalue weighted by molar-refractivity contribution is 7.98. The summed E-state index contributed by atoms with van der Waals surface area (Å²) in [5.41, 5.74) is 2.43. The predicted molar refractivity (Wildman–Crippen MR) is 102 cm³/mol. The Hall–Kier alpha value is -2.23. The van der Waals surface area contributed by atoms with Crippen LogP contribution in [0.5, 0.6) is 0 Å². The molecular formula is C20H15ClN2S. The van der Waals surface area contributed by atoms with Crippen LogP contribution >= 0.6 is 23.4 Å². The number of hydrogen-bond acceptors (Lipinski definition) is 2. The van der Waals surface area contributed by atoms with E-state index in [1.807, 2.05) is 36.5 Å². The second kappa shape index (κ2) is 6.71. The van der Waals surface area contributed by atoms with Gasteiger partial charge in [0.2, 0.25) is 0 Å². The number of para-hydroxylation sites is 1. The highest BCUT2D eigenvalue weighted by atomic mass is 35.5. The normalized spacial score (nSPS) is 11.0. The van der Waals surface area contributed by atoms with Gasteiger partial charge in [0.25, 0.3) is 0 Å². The summed E-state index contributed by atoms with van der Waals surface area (Å²) >= 11 is 7.77. The number of benzene rings is 2. The van der Waals surface area contributed by atoms with Crippen molar-refractivity contribution in [2.45, 2.75) is 10.8 Å². The van der Waals surface area contributed by atoms with Gasteiger partial charge in [-0.1, -0.05) is 48.0 Å². The smallest absolute Gasteiger partial charge is 0.137 e. The van der Waals surface area contributed by atoms with Gasteiger partial charge in [-0.2, -0.15) is 0 Å². The Morgan fingerprint density at radius 2 is 1.71 bits per heavy atom. The number of rotatable bonds is 4. The average Bonchev–Trinajstić information content (AvgIpc) is 3.00. The number of fused-ring (bicyclic) bond motifs is 1. The molecule has 4 aromatic rings. The van der Waals surface area contributed by atoms with Crippen LogP contribution in [0.2, 0.25) is 5.02 Å². The molecule has 2 heterocycles. The number of aromatic nitrogens is 2. The summed E-state index contributed by atoms with van der Waals surface area (Å²) in [6, 6.07) is 24.7. The fraction of sp³-hybridized carbons (Fsp3) is 0.0500. The summed E-state index contributed by atoms with van der Waals surface area (Å²) < 4.78 is 2.22. The standard InChI is InChI=1S/C20H15ClN2S/c21-17-10-8-15(9-11-17)14-24-20-13-16-5-1-2-6-18(16)23(20)19-7-3-4-12-22-19/h1-13H,14H2. The predicted octanol–water partition coefficient (Wildman–Crippen LogP) is 5.97. The van der Waals surface area contributed by atoms with Crippen molar-refractivity contribution in [1.29, 1.82) is 0 Å². The van der Waals surface area contributed by atoms with Crippen LogP contribution in [0.25, 0.3) is 16.7 Å². The van der Waals surface area contributed by atoms with E-state index in [2.05, 4.69) is 52.0 Å². The maximum atomic E-state index is 5.97. The quantitative estimate of drug-likeness (QED) is 0.422. The van der Waals surface area contributed by atoms with Gasteiger partial charge in [0.15, 0.2) is 0 Å². The Balaban J connectivity index is 1.73. The topological polar surface area (TPSA) is 17.8 Å². The minimum absolute atomic E-state index is 0.770. The van der Waals surface area contributed by atoms with Crippen molar-refractivity contribution < 1.29 is 0 Å². The lowest BCUT2D eigenvalue weighted by molar-refractivity contribution is 0.942. The SMILES string of the molecule is Clc1ccc(CSc2cc3ccccc3n2-c2ccccn2)cc1. The van der Waals surface area contributed by atoms with Crippen molar-refractivity contribution in [1.82, 2.24) is 9.55 Å². The molecule has 4 rings (SSSR count). The Kier molecular flexibility index (Phi) is 4.28. The zero-order chi connectivity index (χ0) is 16.4. The van der Waals surface area contributed by atoms with Crippen molar-refractivity contribution >= 4 is 34.3 Å². The molecule has 118 valence electrons. The largest absolute Gasteiger partial charge is 0.289 e. The van der Waals surface area contributed by atoms with Crippen molar-refractivity contribution in [2.75, 3.05) is 0 Å². The van der Waals surface area contributed by atoms with Gasteiger partial charge in [-0.3, -0.25) is 4.57 Å². The van der Waals surface area contributed by atoms with Crippen molar-refractivity contribution in [3.05, 3.63) is 89.6 Å². The van der Waals surface area contributed by atoms with Crippen LogP contribution in [0.1, 0.15) is 5.56 Å². The molecule has 2 aromatic heterocycles. The summed E-state index contributed by atoms with van der Waals surface area (Å²) in [5.74, 6) is 1.83. The summed E-state index contributed by atoms with van der Waals surface area (Å²) in [6.07, 6.45) is 1.83. The molecule has 0 unspecified atom stereocenters. The Bertz CT molecular complexity index is 962. The van der Waals surface area contributed by atoms with Gasteiger partial charge in [0.1, 0.15) is 5.82 Å². The first-order valence-corrected chi connectivity index (χ1v) is 9.07. The molecule has 0 fully saturated rings. The molecule has 0 N–H and O–H groups in total. The van der Waals surface area contributed by atoms with Gasteiger partial charge in [0.05, 0.1) is 10.5 Å². The van der Waals surface area contributed by atoms with E-state index in [1.54, 1.807) is 11.8 Å². The number of thioether (sulfide) groups is 1. The third-order valence-corrected chi connectivity index (χ3v) is 5.18. The fourth-order valence-electron chi connectivity index (χ4n) is 2.70. The van der Waals surface area contributed by atoms with E-state index >= 15 is 0 Å². The Morgan fingerprint density at radius 3 is 2.50 bits per heavy atom. The van der Waals surface area contributed by atoms with Gasteiger partial charge < -0.3 is 0 Å². The van der Waals surface area contributed by atoms with E-state index in [4.69, 9.17) is 11.6 Å². The lowest BCUT2D eigenvalue weighted by Gasteiger charge is -2.09. The molecule has 0 saturated heterocycles. The first-order chi connectivity index (χ1) is 11.8. The summed E-state index contributed by atoms with van der Waals surface area (Å²) in [6.45, 7) is 0. The van der Waals surface area contributed by atoms with Gasteiger partial charge >= 0.3 is 0 Å². The van der Waals surface area contributed by atoms with Crippen molar-refractivity contribution in [3.8, 4) is 5.82 Å². The summed E-state index contributed by atoms with van der Waals surface area (Å²) in [5, 5.41) is 3.18. The first-order valence-electron chi connectivity index (χ1n) is 7.70. The minimum atomic E-state index is 0.770. The van der Waals surface area contributed by atoms with E-state index in [0.29, 0.717) is 0 Å². The van der Waals surface area contributed by atoms with E-state index in [-0.39, 0.29) is 0 Å². The second-order valence-electron chi connectivity index (χ2n) is 5.48. The van der Waals surface area contributed by atoms with Crippen LogP contribution in [0, 0.1) is 0 Å². The van der Waals surface area contributed by atoms with E-state index in [0.717, 1.165) is 16.6 Å². The molecule has 4 heteroatoms. The Morgan fingerprint density at radius 1 is 0.917 bits per heavy atom. The monoisotopic (exact) mass is 350 g/mol. The number of hydrogen-bond donors (Lipinski definition) is 0. The first kappa shape index (κ1) is 15.3. The average molecular weight is 351 g/mol. The number of nitrogens with zero attached hydrogens (tertiary/aromatic N) is 2. The molecule has 0 radical (unpaired) electrons. The lowest BCUT2D eigenvalue weighted by atomic mass is 10.2. The lowest BCUT2D eigenvalue weighted by Crippen LogP contribution is -1.98. The van der Waals surface area contributed by atoms with Crippen molar-refractivity contribution in [2.24, 2.45) is 0 Å². The van der Waals surface area contributed by atoms with Crippen molar-refractivity contribution in [3.63, 3.8) is 0 Å². The van der Waals surface area contributed by atoms with Crippen LogP contribution in [0.4, 0.5) is 0 Å². The molecule has 0 atom stereocenters. The molecule has 2 nitrogen and oxygen atoms in total. The third-order valence-electron chi connectivity index (χ3n) is 3.86. The van der Waals surface area contributed by atoms with Crippen LogP contribution in [0.3, 0.4) is 0 Å². The van der Waals surface area contributed by atoms with Crippen LogP contribution in [-0.2, 0) is 5.75 Å². The van der Waals surface area contributed by atoms with Crippen LogP contribution < -0.4 is 0 Å². The maximum absolute atomic E-state index is 5.97. The van der Waals surface area contributed by atoms with E-state index in [1.165, 1.54) is 21.5 Å². The molecule has 0 saturated carbocycles.